The third-order valence-corrected chi connectivity index (χ3v) is 5.51. The summed E-state index contributed by atoms with van der Waals surface area (Å²) < 4.78 is 12.8. The third-order valence-electron chi connectivity index (χ3n) is 5.51. The normalized spacial score (nSPS) is 26.2. The first kappa shape index (κ1) is 31.5. The molecule has 0 spiro atoms. The molecule has 0 aromatic carbocycles. The third kappa shape index (κ3) is 6.83. The van der Waals surface area contributed by atoms with E-state index in [1.807, 2.05) is 4.98 Å². The molecule has 2 saturated heterocycles. The fourth-order valence-corrected chi connectivity index (χ4v) is 3.62. The van der Waals surface area contributed by atoms with E-state index in [0.29, 0.717) is 0 Å². The van der Waals surface area contributed by atoms with Gasteiger partial charge in [-0.25, -0.2) is 9.59 Å². The number of rotatable bonds is 4. The molecule has 15 nitrogen and oxygen atoms in total. The van der Waals surface area contributed by atoms with Crippen molar-refractivity contribution in [3.63, 3.8) is 0 Å². The van der Waals surface area contributed by atoms with Crippen LogP contribution in [0.5, 0.6) is 0 Å². The van der Waals surface area contributed by atoms with E-state index in [1.165, 1.54) is 6.20 Å². The molecule has 0 bridgehead atoms. The number of ether oxygens (including phenoxy) is 2. The van der Waals surface area contributed by atoms with Gasteiger partial charge in [-0.15, -0.1) is 6.42 Å². The van der Waals surface area contributed by atoms with E-state index in [1.54, 1.807) is 0 Å². The number of terminal acetylenes is 1. The molecule has 4 heterocycles. The molecule has 0 radical (unpaired) electrons. The zero-order valence-corrected chi connectivity index (χ0v) is 18.2. The van der Waals surface area contributed by atoms with Crippen LogP contribution in [0, 0.1) is 12.3 Å². The molecule has 15 heteroatoms. The lowest BCUT2D eigenvalue weighted by Crippen LogP contribution is -2.33. The van der Waals surface area contributed by atoms with Gasteiger partial charge in [-0.1, -0.05) is 20.8 Å². The van der Waals surface area contributed by atoms with Gasteiger partial charge in [-0.2, -0.15) is 0 Å². The maximum Gasteiger partial charge on any atom is 0.330 e. The van der Waals surface area contributed by atoms with E-state index in [0.717, 1.165) is 15.3 Å². The monoisotopic (exact) mass is 527 g/mol. The van der Waals surface area contributed by atoms with E-state index in [9.17, 15) is 29.4 Å². The largest absolute Gasteiger partial charge is 0.394 e. The Hall–Kier alpha value is -3.52. The number of nitrogen functional groups attached to an aromatic ring is 1. The Bertz CT molecular complexity index is 1320. The number of H-pyrrole nitrogens is 2. The zero-order chi connectivity index (χ0) is 25.9. The lowest BCUT2D eigenvalue weighted by atomic mass is 10.2. The van der Waals surface area contributed by atoms with Crippen LogP contribution in [0.25, 0.3) is 0 Å². The van der Waals surface area contributed by atoms with Crippen molar-refractivity contribution in [1.82, 2.24) is 19.1 Å². The summed E-state index contributed by atoms with van der Waals surface area (Å²) in [5, 5.41) is 37.0. The summed E-state index contributed by atoms with van der Waals surface area (Å²) in [6, 6.07) is 0. The fourth-order valence-electron chi connectivity index (χ4n) is 3.62. The second-order valence-electron chi connectivity index (χ2n) is 7.83. The Morgan fingerprint density at radius 3 is 1.73 bits per heavy atom. The van der Waals surface area contributed by atoms with E-state index >= 15 is 0 Å². The quantitative estimate of drug-likeness (QED) is 0.200. The van der Waals surface area contributed by atoms with Crippen LogP contribution in [0.15, 0.2) is 31.6 Å². The number of aromatic nitrogens is 4. The topological polar surface area (TPSA) is 235 Å². The van der Waals surface area contributed by atoms with Gasteiger partial charge in [0.2, 0.25) is 0 Å². The number of hydrogen-bond donors (Lipinski definition) is 7. The Morgan fingerprint density at radius 1 is 0.892 bits per heavy atom. The number of aromatic amines is 2. The van der Waals surface area contributed by atoms with Crippen molar-refractivity contribution in [2.24, 2.45) is 0 Å². The molecule has 37 heavy (non-hydrogen) atoms. The highest BCUT2D eigenvalue weighted by molar-refractivity contribution is 5.30. The van der Waals surface area contributed by atoms with E-state index in [4.69, 9.17) is 31.8 Å². The van der Waals surface area contributed by atoms with Gasteiger partial charge < -0.3 is 35.6 Å². The maximum atomic E-state index is 11.6. The van der Waals surface area contributed by atoms with Gasteiger partial charge in [0, 0.05) is 25.2 Å². The summed E-state index contributed by atoms with van der Waals surface area (Å²) in [6.07, 6.45) is 3.09. The summed E-state index contributed by atoms with van der Waals surface area (Å²) in [6.45, 7) is -0.691. The molecule has 8 N–H and O–H groups in total. The van der Waals surface area contributed by atoms with Gasteiger partial charge in [0.15, 0.2) is 0 Å². The molecule has 2 fully saturated rings. The second-order valence-corrected chi connectivity index (χ2v) is 7.83. The van der Waals surface area contributed by atoms with Crippen LogP contribution in [-0.4, -0.2) is 77.2 Å². The first-order chi connectivity index (χ1) is 16.6. The van der Waals surface area contributed by atoms with E-state index < -0.39 is 59.4 Å². The lowest BCUT2D eigenvalue weighted by Gasteiger charge is -2.14. The van der Waals surface area contributed by atoms with Crippen molar-refractivity contribution in [2.75, 3.05) is 18.9 Å². The average Bonchev–Trinajstić information content (AvgIpc) is 3.38. The molecule has 6 atom stereocenters. The number of anilines is 1. The maximum absolute atomic E-state index is 11.6. The molecule has 2 aliphatic rings. The van der Waals surface area contributed by atoms with Crippen molar-refractivity contribution in [1.29, 1.82) is 0 Å². The smallest absolute Gasteiger partial charge is 0.330 e. The Labute approximate surface area is 210 Å². The Morgan fingerprint density at radius 2 is 1.32 bits per heavy atom. The summed E-state index contributed by atoms with van der Waals surface area (Å²) in [7, 11) is 0. The van der Waals surface area contributed by atoms with Crippen molar-refractivity contribution < 1.29 is 29.9 Å². The van der Waals surface area contributed by atoms with Gasteiger partial charge in [0.25, 0.3) is 11.1 Å². The van der Waals surface area contributed by atoms with Gasteiger partial charge >= 0.3 is 11.4 Å². The molecule has 2 aliphatic heterocycles. The predicted molar refractivity (Wildman–Crippen MR) is 132 cm³/mol. The Kier molecular flexibility index (Phi) is 11.2. The number of nitrogens with two attached hydrogens (primary N) is 1. The molecular formula is C22H33N5O10. The van der Waals surface area contributed by atoms with Crippen molar-refractivity contribution in [3.8, 4) is 12.3 Å². The lowest BCUT2D eigenvalue weighted by molar-refractivity contribution is -0.0459. The minimum atomic E-state index is -0.867. The number of aliphatic hydroxyl groups excluding tert-OH is 4. The van der Waals surface area contributed by atoms with Gasteiger partial charge in [-0.3, -0.25) is 28.7 Å². The van der Waals surface area contributed by atoms with Crippen molar-refractivity contribution >= 4 is 5.69 Å². The van der Waals surface area contributed by atoms with Crippen LogP contribution in [0.2, 0.25) is 0 Å². The first-order valence-electron chi connectivity index (χ1n) is 10.4. The van der Waals surface area contributed by atoms with Crippen LogP contribution in [0.4, 0.5) is 5.69 Å². The molecule has 0 amide bonds. The van der Waals surface area contributed by atoms with Crippen molar-refractivity contribution in [2.45, 2.75) is 64.6 Å². The number of hydrogen-bond acceptors (Lipinski definition) is 11. The van der Waals surface area contributed by atoms with Crippen LogP contribution in [0.1, 0.15) is 45.7 Å². The number of nitrogens with one attached hydrogen (secondary N) is 2. The zero-order valence-electron chi connectivity index (χ0n) is 18.2. The van der Waals surface area contributed by atoms with Crippen LogP contribution < -0.4 is 28.2 Å². The highest BCUT2D eigenvalue weighted by atomic mass is 16.5. The van der Waals surface area contributed by atoms with Crippen LogP contribution >= 0.6 is 0 Å². The average molecular weight is 528 g/mol. The molecular weight excluding hydrogens is 494 g/mol. The predicted octanol–water partition coefficient (Wildman–Crippen LogP) is -2.81. The highest BCUT2D eigenvalue weighted by Gasteiger charge is 2.36. The van der Waals surface area contributed by atoms with E-state index in [2.05, 4.69) is 10.9 Å². The molecule has 206 valence electrons. The molecule has 2 aromatic rings. The summed E-state index contributed by atoms with van der Waals surface area (Å²) in [4.78, 5) is 49.6. The minimum absolute atomic E-state index is 0. The second kappa shape index (κ2) is 13.1. The van der Waals surface area contributed by atoms with Crippen LogP contribution in [-0.2, 0) is 9.47 Å². The molecule has 4 rings (SSSR count). The summed E-state index contributed by atoms with van der Waals surface area (Å²) in [5.74, 6) is 2.15. The molecule has 2 aromatic heterocycles. The molecule has 0 aliphatic carbocycles. The van der Waals surface area contributed by atoms with Crippen molar-refractivity contribution in [3.05, 3.63) is 59.6 Å². The van der Waals surface area contributed by atoms with Crippen LogP contribution in [0.3, 0.4) is 0 Å². The van der Waals surface area contributed by atoms with E-state index in [-0.39, 0.29) is 52.2 Å². The molecule has 0 saturated carbocycles. The Balaban J connectivity index is 0.000000351. The fraction of sp³-hybridized carbons (Fsp3) is 0.545. The summed E-state index contributed by atoms with van der Waals surface area (Å²) in [5.41, 5.74) is 2.63. The van der Waals surface area contributed by atoms with Gasteiger partial charge in [0.05, 0.1) is 25.4 Å². The summed E-state index contributed by atoms with van der Waals surface area (Å²) >= 11 is 0. The SMILES string of the molecule is C.C.C#Cc1cn(C2C[C@@H](O)C(CO)O2)c(=O)[nH]c1=O.Nc1cn(C2C[C@@H](O)C(CO)O2)c(=O)[nH]c1=O. The van der Waals surface area contributed by atoms with Gasteiger partial charge in [0.1, 0.15) is 35.9 Å². The number of aliphatic hydroxyl groups is 4. The number of nitrogens with zero attached hydrogens (tertiary/aromatic N) is 2. The van der Waals surface area contributed by atoms with Gasteiger partial charge in [-0.05, 0) is 0 Å². The first-order valence-corrected chi connectivity index (χ1v) is 10.4. The minimum Gasteiger partial charge on any atom is -0.394 e. The standard InChI is InChI=1S/C11H12N2O5.C9H13N3O5.2CH4/c1-2-6-4-13(11(17)12-10(6)16)9-3-7(15)8(5-14)18-9;10-4-2-12(9(16)11-8(4)15)7-1-5(14)6(3-13)17-7;;/h1,4,7-9,14-15H,3,5H2,(H,12,16,17);2,5-7,13-14H,1,3,10H2,(H,11,15,16);2*1H4/t7-,8?,9?;5-,6?,7?;;/m11../s1. The highest BCUT2D eigenvalue weighted by Crippen LogP contribution is 2.28. The molecule has 4 unspecified atom stereocenters.